The van der Waals surface area contributed by atoms with Gasteiger partial charge in [-0.25, -0.2) is 8.42 Å². The first kappa shape index (κ1) is 26.5. The SMILES string of the molecule is COc1ccc(N(CCCC(=O)NC(C)c2cc(C(C)C)c(OC)cc2C)S(C)(=O)=O)cc1. The van der Waals surface area contributed by atoms with Crippen LogP contribution in [0.4, 0.5) is 5.69 Å². The van der Waals surface area contributed by atoms with Gasteiger partial charge in [-0.1, -0.05) is 13.8 Å². The summed E-state index contributed by atoms with van der Waals surface area (Å²) >= 11 is 0. The normalized spacial score (nSPS) is 12.4. The number of nitrogens with one attached hydrogen (secondary N) is 1. The maximum atomic E-state index is 12.6. The van der Waals surface area contributed by atoms with Crippen LogP contribution < -0.4 is 19.1 Å². The molecule has 0 spiro atoms. The highest BCUT2D eigenvalue weighted by molar-refractivity contribution is 7.92. The van der Waals surface area contributed by atoms with E-state index in [-0.39, 0.29) is 24.9 Å². The maximum absolute atomic E-state index is 12.6. The second kappa shape index (κ2) is 11.4. The third-order valence-electron chi connectivity index (χ3n) is 5.61. The van der Waals surface area contributed by atoms with Crippen molar-refractivity contribution in [3.63, 3.8) is 0 Å². The van der Waals surface area contributed by atoms with Crippen LogP contribution in [0.2, 0.25) is 0 Å². The zero-order chi connectivity index (χ0) is 24.8. The van der Waals surface area contributed by atoms with Gasteiger partial charge in [0, 0.05) is 13.0 Å². The summed E-state index contributed by atoms with van der Waals surface area (Å²) in [5, 5.41) is 3.04. The molecule has 0 fully saturated rings. The summed E-state index contributed by atoms with van der Waals surface area (Å²) in [6.45, 7) is 8.39. The number of methoxy groups -OCH3 is 2. The smallest absolute Gasteiger partial charge is 0.232 e. The summed E-state index contributed by atoms with van der Waals surface area (Å²) in [6, 6.07) is 10.7. The number of carbonyl (C=O) groups is 1. The van der Waals surface area contributed by atoms with Crippen LogP contribution in [0, 0.1) is 6.92 Å². The molecule has 0 aliphatic rings. The van der Waals surface area contributed by atoms with Crippen molar-refractivity contribution in [1.82, 2.24) is 5.32 Å². The summed E-state index contributed by atoms with van der Waals surface area (Å²) in [7, 11) is -0.258. The standard InChI is InChI=1S/C25H36N2O5S/c1-17(2)22-16-23(18(3)15-24(22)32-6)19(4)26-25(28)9-8-14-27(33(7,29)30)20-10-12-21(31-5)13-11-20/h10-13,15-17,19H,8-9,14H2,1-7H3,(H,26,28). The fraction of sp³-hybridized carbons (Fsp3) is 0.480. The molecule has 8 heteroatoms. The van der Waals surface area contributed by atoms with Crippen LogP contribution >= 0.6 is 0 Å². The van der Waals surface area contributed by atoms with Crippen molar-refractivity contribution in [2.45, 2.75) is 52.5 Å². The molecule has 0 saturated carbocycles. The van der Waals surface area contributed by atoms with Gasteiger partial charge in [0.05, 0.1) is 32.2 Å². The first-order valence-corrected chi connectivity index (χ1v) is 12.9. The number of ether oxygens (including phenoxy) is 2. The third kappa shape index (κ3) is 7.12. The lowest BCUT2D eigenvalue weighted by molar-refractivity contribution is -0.121. The summed E-state index contributed by atoms with van der Waals surface area (Å²) in [4.78, 5) is 12.6. The molecule has 2 aromatic carbocycles. The number of rotatable bonds is 11. The highest BCUT2D eigenvalue weighted by atomic mass is 32.2. The van der Waals surface area contributed by atoms with Gasteiger partial charge < -0.3 is 14.8 Å². The van der Waals surface area contributed by atoms with Gasteiger partial charge in [0.2, 0.25) is 15.9 Å². The number of sulfonamides is 1. The minimum absolute atomic E-state index is 0.119. The van der Waals surface area contributed by atoms with Crippen LogP contribution in [0.15, 0.2) is 36.4 Å². The van der Waals surface area contributed by atoms with Gasteiger partial charge in [-0.05, 0) is 79.3 Å². The fourth-order valence-electron chi connectivity index (χ4n) is 3.82. The van der Waals surface area contributed by atoms with Gasteiger partial charge in [-0.2, -0.15) is 0 Å². The van der Waals surface area contributed by atoms with Crippen LogP contribution in [0.3, 0.4) is 0 Å². The highest BCUT2D eigenvalue weighted by Gasteiger charge is 2.19. The zero-order valence-electron chi connectivity index (χ0n) is 20.6. The van der Waals surface area contributed by atoms with Gasteiger partial charge in [-0.15, -0.1) is 0 Å². The second-order valence-electron chi connectivity index (χ2n) is 8.53. The second-order valence-corrected chi connectivity index (χ2v) is 10.4. The molecule has 0 aliphatic heterocycles. The molecule has 33 heavy (non-hydrogen) atoms. The lowest BCUT2D eigenvalue weighted by atomic mass is 9.93. The van der Waals surface area contributed by atoms with E-state index in [1.807, 2.05) is 19.9 Å². The first-order chi connectivity index (χ1) is 15.5. The van der Waals surface area contributed by atoms with Crippen LogP contribution in [0.1, 0.15) is 62.3 Å². The summed E-state index contributed by atoms with van der Waals surface area (Å²) < 4.78 is 36.5. The topological polar surface area (TPSA) is 84.9 Å². The Labute approximate surface area is 198 Å². The molecule has 0 aliphatic carbocycles. The van der Waals surface area contributed by atoms with E-state index in [1.165, 1.54) is 4.31 Å². The monoisotopic (exact) mass is 476 g/mol. The average Bonchev–Trinajstić information content (AvgIpc) is 2.75. The molecule has 1 atom stereocenters. The molecule has 2 aromatic rings. The Kier molecular flexibility index (Phi) is 9.16. The lowest BCUT2D eigenvalue weighted by Crippen LogP contribution is -2.32. The average molecular weight is 477 g/mol. The van der Waals surface area contributed by atoms with Crippen molar-refractivity contribution in [2.75, 3.05) is 31.3 Å². The Hall–Kier alpha value is -2.74. The lowest BCUT2D eigenvalue weighted by Gasteiger charge is -2.23. The van der Waals surface area contributed by atoms with Crippen molar-refractivity contribution in [1.29, 1.82) is 0 Å². The number of anilines is 1. The van der Waals surface area contributed by atoms with Crippen LogP contribution in [-0.2, 0) is 14.8 Å². The minimum atomic E-state index is -3.48. The molecule has 7 nitrogen and oxygen atoms in total. The minimum Gasteiger partial charge on any atom is -0.497 e. The number of nitrogens with zero attached hydrogens (tertiary/aromatic N) is 1. The Morgan fingerprint density at radius 3 is 2.18 bits per heavy atom. The van der Waals surface area contributed by atoms with Gasteiger partial charge in [-0.3, -0.25) is 9.10 Å². The number of amides is 1. The molecule has 0 heterocycles. The Bertz CT molecular complexity index is 1050. The quantitative estimate of drug-likeness (QED) is 0.514. The van der Waals surface area contributed by atoms with Gasteiger partial charge in [0.25, 0.3) is 0 Å². The van der Waals surface area contributed by atoms with Crippen LogP contribution in [0.25, 0.3) is 0 Å². The van der Waals surface area contributed by atoms with E-state index in [0.717, 1.165) is 28.7 Å². The highest BCUT2D eigenvalue weighted by Crippen LogP contribution is 2.32. The molecular weight excluding hydrogens is 440 g/mol. The van der Waals surface area contributed by atoms with Crippen molar-refractivity contribution in [3.8, 4) is 11.5 Å². The molecule has 2 rings (SSSR count). The number of hydrogen-bond donors (Lipinski definition) is 1. The Morgan fingerprint density at radius 1 is 1.03 bits per heavy atom. The van der Waals surface area contributed by atoms with Gasteiger partial charge >= 0.3 is 0 Å². The van der Waals surface area contributed by atoms with Crippen molar-refractivity contribution in [3.05, 3.63) is 53.1 Å². The summed E-state index contributed by atoms with van der Waals surface area (Å²) in [5.74, 6) is 1.67. The van der Waals surface area contributed by atoms with Crippen molar-refractivity contribution < 1.29 is 22.7 Å². The molecule has 1 unspecified atom stereocenters. The molecule has 0 radical (unpaired) electrons. The number of benzene rings is 2. The van der Waals surface area contributed by atoms with E-state index in [2.05, 4.69) is 25.2 Å². The molecule has 0 aromatic heterocycles. The van der Waals surface area contributed by atoms with E-state index < -0.39 is 10.0 Å². The molecule has 1 N–H and O–H groups in total. The zero-order valence-corrected chi connectivity index (χ0v) is 21.5. The van der Waals surface area contributed by atoms with Crippen molar-refractivity contribution >= 4 is 21.6 Å². The van der Waals surface area contributed by atoms with Crippen LogP contribution in [-0.4, -0.2) is 41.3 Å². The number of carbonyl (C=O) groups excluding carboxylic acids is 1. The van der Waals surface area contributed by atoms with E-state index in [4.69, 9.17) is 9.47 Å². The predicted molar refractivity (Wildman–Crippen MR) is 133 cm³/mol. The van der Waals surface area contributed by atoms with Gasteiger partial charge in [0.1, 0.15) is 11.5 Å². The molecule has 182 valence electrons. The van der Waals surface area contributed by atoms with Gasteiger partial charge in [0.15, 0.2) is 0 Å². The third-order valence-corrected chi connectivity index (χ3v) is 6.80. The van der Waals surface area contributed by atoms with E-state index in [0.29, 0.717) is 23.8 Å². The molecular formula is C25H36N2O5S. The van der Waals surface area contributed by atoms with E-state index in [9.17, 15) is 13.2 Å². The predicted octanol–water partition coefficient (Wildman–Crippen LogP) is 4.56. The summed E-state index contributed by atoms with van der Waals surface area (Å²) in [6.07, 6.45) is 1.79. The van der Waals surface area contributed by atoms with E-state index in [1.54, 1.807) is 38.5 Å². The largest absolute Gasteiger partial charge is 0.497 e. The Morgan fingerprint density at radius 2 is 1.67 bits per heavy atom. The molecule has 0 saturated heterocycles. The Balaban J connectivity index is 2.03. The maximum Gasteiger partial charge on any atom is 0.232 e. The van der Waals surface area contributed by atoms with Crippen molar-refractivity contribution in [2.24, 2.45) is 0 Å². The molecule has 1 amide bonds. The van der Waals surface area contributed by atoms with Crippen LogP contribution in [0.5, 0.6) is 11.5 Å². The number of hydrogen-bond acceptors (Lipinski definition) is 5. The molecule has 0 bridgehead atoms. The summed E-state index contributed by atoms with van der Waals surface area (Å²) in [5.41, 5.74) is 3.74. The first-order valence-electron chi connectivity index (χ1n) is 11.1. The number of aryl methyl sites for hydroxylation is 1. The fourth-order valence-corrected chi connectivity index (χ4v) is 4.79. The van der Waals surface area contributed by atoms with E-state index >= 15 is 0 Å².